The summed E-state index contributed by atoms with van der Waals surface area (Å²) in [4.78, 5) is 4.39. The smallest absolute Gasteiger partial charge is 0.0953 e. The predicted octanol–water partition coefficient (Wildman–Crippen LogP) is 1.98. The van der Waals surface area contributed by atoms with Crippen molar-refractivity contribution in [3.8, 4) is 0 Å². The van der Waals surface area contributed by atoms with E-state index < -0.39 is 0 Å². The Morgan fingerprint density at radius 1 is 1.37 bits per heavy atom. The van der Waals surface area contributed by atoms with Crippen molar-refractivity contribution in [2.24, 2.45) is 0 Å². The van der Waals surface area contributed by atoms with Gasteiger partial charge in [-0.05, 0) is 12.5 Å². The molecule has 1 N–H and O–H groups in total. The molecule has 2 aromatic rings. The minimum absolute atomic E-state index is 0.726. The fourth-order valence-electron chi connectivity index (χ4n) is 2.00. The second kappa shape index (κ2) is 7.07. The lowest BCUT2D eigenvalue weighted by Gasteiger charge is -2.03. The van der Waals surface area contributed by atoms with Gasteiger partial charge in [0.1, 0.15) is 0 Å². The van der Waals surface area contributed by atoms with Gasteiger partial charge in [-0.25, -0.2) is 4.98 Å². The van der Waals surface area contributed by atoms with E-state index >= 15 is 0 Å². The molecule has 1 heterocycles. The Balaban J connectivity index is 1.87. The third-order valence-electron chi connectivity index (χ3n) is 2.92. The number of imidazole rings is 1. The lowest BCUT2D eigenvalue weighted by Crippen LogP contribution is -2.18. The van der Waals surface area contributed by atoms with Gasteiger partial charge in [-0.1, -0.05) is 29.8 Å². The quantitative estimate of drug-likeness (QED) is 0.773. The Bertz CT molecular complexity index is 508. The highest BCUT2D eigenvalue weighted by Crippen LogP contribution is 2.07. The number of hydrogen-bond donors (Lipinski definition) is 1. The standard InChI is InChI=1S/C15H21N3O/c1-13-4-3-5-14(8-13)10-18-11-15(17-12-18)9-16-6-7-19-2/h3-5,8,11-12,16H,6-7,9-10H2,1-2H3. The number of nitrogens with zero attached hydrogens (tertiary/aromatic N) is 2. The molecule has 0 amide bonds. The molecule has 0 aliphatic heterocycles. The van der Waals surface area contributed by atoms with Gasteiger partial charge < -0.3 is 14.6 Å². The molecule has 0 spiro atoms. The highest BCUT2D eigenvalue weighted by molar-refractivity contribution is 5.22. The van der Waals surface area contributed by atoms with Gasteiger partial charge in [0.25, 0.3) is 0 Å². The monoisotopic (exact) mass is 259 g/mol. The number of aryl methyl sites for hydroxylation is 1. The van der Waals surface area contributed by atoms with Crippen LogP contribution < -0.4 is 5.32 Å². The summed E-state index contributed by atoms with van der Waals surface area (Å²) in [5.41, 5.74) is 3.65. The predicted molar refractivity (Wildman–Crippen MR) is 76.1 cm³/mol. The average molecular weight is 259 g/mol. The minimum atomic E-state index is 0.726. The van der Waals surface area contributed by atoms with Gasteiger partial charge in [0.15, 0.2) is 0 Å². The summed E-state index contributed by atoms with van der Waals surface area (Å²) < 4.78 is 7.10. The Labute approximate surface area is 114 Å². The number of hydrogen-bond acceptors (Lipinski definition) is 3. The summed E-state index contributed by atoms with van der Waals surface area (Å²) in [6.45, 7) is 5.34. The van der Waals surface area contributed by atoms with Crippen LogP contribution in [0.15, 0.2) is 36.8 Å². The third kappa shape index (κ3) is 4.50. The molecule has 4 nitrogen and oxygen atoms in total. The zero-order chi connectivity index (χ0) is 13.5. The minimum Gasteiger partial charge on any atom is -0.383 e. The molecule has 1 aromatic heterocycles. The number of nitrogens with one attached hydrogen (secondary N) is 1. The lowest BCUT2D eigenvalue weighted by molar-refractivity contribution is 0.199. The molecule has 0 atom stereocenters. The van der Waals surface area contributed by atoms with E-state index in [1.807, 2.05) is 6.33 Å². The third-order valence-corrected chi connectivity index (χ3v) is 2.92. The summed E-state index contributed by atoms with van der Waals surface area (Å²) in [5, 5.41) is 3.29. The Kier molecular flexibility index (Phi) is 5.12. The van der Waals surface area contributed by atoms with E-state index in [4.69, 9.17) is 4.74 Å². The normalized spacial score (nSPS) is 10.8. The second-order valence-corrected chi connectivity index (χ2v) is 4.70. The van der Waals surface area contributed by atoms with Crippen molar-refractivity contribution in [2.75, 3.05) is 20.3 Å². The number of methoxy groups -OCH3 is 1. The molecule has 19 heavy (non-hydrogen) atoms. The summed E-state index contributed by atoms with van der Waals surface area (Å²) in [6.07, 6.45) is 3.97. The van der Waals surface area contributed by atoms with Crippen molar-refractivity contribution in [1.82, 2.24) is 14.9 Å². The molecule has 0 saturated heterocycles. The van der Waals surface area contributed by atoms with Gasteiger partial charge in [0.2, 0.25) is 0 Å². The Morgan fingerprint density at radius 2 is 2.26 bits per heavy atom. The first-order chi connectivity index (χ1) is 9.28. The van der Waals surface area contributed by atoms with Gasteiger partial charge in [-0.15, -0.1) is 0 Å². The van der Waals surface area contributed by atoms with Crippen molar-refractivity contribution in [2.45, 2.75) is 20.0 Å². The Morgan fingerprint density at radius 3 is 3.05 bits per heavy atom. The van der Waals surface area contributed by atoms with Crippen LogP contribution in [0.25, 0.3) is 0 Å². The maximum absolute atomic E-state index is 4.99. The average Bonchev–Trinajstić information content (AvgIpc) is 2.82. The van der Waals surface area contributed by atoms with E-state index in [1.165, 1.54) is 11.1 Å². The molecule has 102 valence electrons. The van der Waals surface area contributed by atoms with Crippen molar-refractivity contribution in [3.63, 3.8) is 0 Å². The SMILES string of the molecule is COCCNCc1cn(Cc2cccc(C)c2)cn1. The summed E-state index contributed by atoms with van der Waals surface area (Å²) in [7, 11) is 1.71. The van der Waals surface area contributed by atoms with Gasteiger partial charge >= 0.3 is 0 Å². The molecule has 2 rings (SSSR count). The van der Waals surface area contributed by atoms with E-state index in [1.54, 1.807) is 7.11 Å². The summed E-state index contributed by atoms with van der Waals surface area (Å²) in [6, 6.07) is 8.55. The number of rotatable bonds is 7. The number of aromatic nitrogens is 2. The fourth-order valence-corrected chi connectivity index (χ4v) is 2.00. The molecule has 0 radical (unpaired) electrons. The maximum Gasteiger partial charge on any atom is 0.0953 e. The van der Waals surface area contributed by atoms with Crippen molar-refractivity contribution >= 4 is 0 Å². The summed E-state index contributed by atoms with van der Waals surface area (Å²) >= 11 is 0. The fraction of sp³-hybridized carbons (Fsp3) is 0.400. The van der Waals surface area contributed by atoms with E-state index in [0.717, 1.165) is 31.9 Å². The molecule has 0 bridgehead atoms. The molecule has 0 aliphatic rings. The largest absolute Gasteiger partial charge is 0.383 e. The van der Waals surface area contributed by atoms with Gasteiger partial charge in [-0.3, -0.25) is 0 Å². The first-order valence-electron chi connectivity index (χ1n) is 6.54. The topological polar surface area (TPSA) is 39.1 Å². The first-order valence-corrected chi connectivity index (χ1v) is 6.54. The van der Waals surface area contributed by atoms with Gasteiger partial charge in [-0.2, -0.15) is 0 Å². The molecule has 0 fully saturated rings. The molecule has 1 aromatic carbocycles. The summed E-state index contributed by atoms with van der Waals surface area (Å²) in [5.74, 6) is 0. The number of benzene rings is 1. The molecular weight excluding hydrogens is 238 g/mol. The van der Waals surface area contributed by atoms with Crippen LogP contribution in [-0.2, 0) is 17.8 Å². The van der Waals surface area contributed by atoms with Crippen molar-refractivity contribution < 1.29 is 4.74 Å². The number of ether oxygens (including phenoxy) is 1. The molecule has 0 aliphatic carbocycles. The van der Waals surface area contributed by atoms with E-state index in [9.17, 15) is 0 Å². The second-order valence-electron chi connectivity index (χ2n) is 4.70. The van der Waals surface area contributed by atoms with E-state index in [0.29, 0.717) is 0 Å². The van der Waals surface area contributed by atoms with Gasteiger partial charge in [0.05, 0.1) is 18.6 Å². The van der Waals surface area contributed by atoms with Crippen LogP contribution in [0.5, 0.6) is 0 Å². The lowest BCUT2D eigenvalue weighted by atomic mass is 10.1. The van der Waals surface area contributed by atoms with Crippen molar-refractivity contribution in [1.29, 1.82) is 0 Å². The molecule has 0 unspecified atom stereocenters. The molecule has 4 heteroatoms. The van der Waals surface area contributed by atoms with Crippen LogP contribution in [-0.4, -0.2) is 29.8 Å². The zero-order valence-corrected chi connectivity index (χ0v) is 11.6. The Hall–Kier alpha value is -1.65. The van der Waals surface area contributed by atoms with Crippen LogP contribution in [0.3, 0.4) is 0 Å². The highest BCUT2D eigenvalue weighted by Gasteiger charge is 2.00. The van der Waals surface area contributed by atoms with Crippen LogP contribution >= 0.6 is 0 Å². The van der Waals surface area contributed by atoms with Crippen LogP contribution in [0.1, 0.15) is 16.8 Å². The maximum atomic E-state index is 4.99. The van der Waals surface area contributed by atoms with Gasteiger partial charge in [0, 0.05) is 32.9 Å². The van der Waals surface area contributed by atoms with E-state index in [-0.39, 0.29) is 0 Å². The van der Waals surface area contributed by atoms with Crippen molar-refractivity contribution in [3.05, 3.63) is 53.6 Å². The zero-order valence-electron chi connectivity index (χ0n) is 11.6. The van der Waals surface area contributed by atoms with E-state index in [2.05, 4.69) is 52.3 Å². The highest BCUT2D eigenvalue weighted by atomic mass is 16.5. The molecular formula is C15H21N3O. The first kappa shape index (κ1) is 13.8. The molecule has 0 saturated carbocycles. The van der Waals surface area contributed by atoms with Crippen LogP contribution in [0, 0.1) is 6.92 Å². The van der Waals surface area contributed by atoms with Crippen LogP contribution in [0.2, 0.25) is 0 Å². The van der Waals surface area contributed by atoms with Crippen LogP contribution in [0.4, 0.5) is 0 Å².